The van der Waals surface area contributed by atoms with Crippen molar-refractivity contribution in [1.82, 2.24) is 0 Å². The Morgan fingerprint density at radius 3 is 3.12 bits per heavy atom. The molecule has 1 aromatic rings. The lowest BCUT2D eigenvalue weighted by Gasteiger charge is -2.36. The predicted octanol–water partition coefficient (Wildman–Crippen LogP) is 2.16. The first kappa shape index (κ1) is 11.5. The molecule has 4 nitrogen and oxygen atoms in total. The van der Waals surface area contributed by atoms with E-state index in [4.69, 9.17) is 9.84 Å². The summed E-state index contributed by atoms with van der Waals surface area (Å²) in [5, 5.41) is 8.99. The van der Waals surface area contributed by atoms with Gasteiger partial charge in [-0.25, -0.2) is 4.79 Å². The van der Waals surface area contributed by atoms with Gasteiger partial charge in [0.05, 0.1) is 17.3 Å². The molecule has 4 heteroatoms. The Balaban J connectivity index is 2.44. The number of carboxylic acids is 1. The molecule has 1 aliphatic heterocycles. The van der Waals surface area contributed by atoms with Crippen molar-refractivity contribution < 1.29 is 14.6 Å². The third-order valence-electron chi connectivity index (χ3n) is 2.85. The first-order chi connectivity index (χ1) is 8.13. The monoisotopic (exact) mass is 233 g/mol. The summed E-state index contributed by atoms with van der Waals surface area (Å²) in [7, 11) is 0. The van der Waals surface area contributed by atoms with Gasteiger partial charge in [0.15, 0.2) is 0 Å². The molecule has 90 valence electrons. The van der Waals surface area contributed by atoms with Crippen molar-refractivity contribution in [2.24, 2.45) is 0 Å². The molecule has 1 heterocycles. The number of rotatable bonds is 3. The van der Waals surface area contributed by atoms with Gasteiger partial charge in [0.25, 0.3) is 0 Å². The standard InChI is InChI=1S/C13H15NO3/c1-3-6-14-9(2)8-17-12-5-4-10(13(15)16)7-11(12)14/h3-5,7,9H,1,6,8H2,2H3,(H,15,16)/t9-/m1/s1. The second-order valence-electron chi connectivity index (χ2n) is 4.09. The quantitative estimate of drug-likeness (QED) is 0.813. The fourth-order valence-corrected chi connectivity index (χ4v) is 1.95. The summed E-state index contributed by atoms with van der Waals surface area (Å²) in [6, 6.07) is 5.13. The van der Waals surface area contributed by atoms with E-state index in [1.165, 1.54) is 0 Å². The molecule has 0 unspecified atom stereocenters. The molecular weight excluding hydrogens is 218 g/mol. The molecule has 1 N–H and O–H groups in total. The number of aromatic carboxylic acids is 1. The Kier molecular flexibility index (Phi) is 3.04. The van der Waals surface area contributed by atoms with E-state index >= 15 is 0 Å². The van der Waals surface area contributed by atoms with Crippen LogP contribution < -0.4 is 9.64 Å². The van der Waals surface area contributed by atoms with Crippen LogP contribution in [0.15, 0.2) is 30.9 Å². The minimum Gasteiger partial charge on any atom is -0.489 e. The average Bonchev–Trinajstić information content (AvgIpc) is 2.32. The third kappa shape index (κ3) is 2.11. The maximum absolute atomic E-state index is 11.0. The molecule has 1 aliphatic rings. The molecule has 0 saturated heterocycles. The van der Waals surface area contributed by atoms with Crippen LogP contribution in [0.5, 0.6) is 5.75 Å². The zero-order valence-corrected chi connectivity index (χ0v) is 9.72. The van der Waals surface area contributed by atoms with Crippen LogP contribution in [0, 0.1) is 0 Å². The summed E-state index contributed by atoms with van der Waals surface area (Å²) >= 11 is 0. The van der Waals surface area contributed by atoms with Crippen molar-refractivity contribution >= 4 is 11.7 Å². The fourth-order valence-electron chi connectivity index (χ4n) is 1.95. The maximum Gasteiger partial charge on any atom is 0.335 e. The van der Waals surface area contributed by atoms with Crippen molar-refractivity contribution in [3.8, 4) is 5.75 Å². The number of anilines is 1. The summed E-state index contributed by atoms with van der Waals surface area (Å²) in [4.78, 5) is 13.0. The topological polar surface area (TPSA) is 49.8 Å². The molecule has 0 bridgehead atoms. The molecule has 0 spiro atoms. The van der Waals surface area contributed by atoms with Gasteiger partial charge in [-0.2, -0.15) is 0 Å². The smallest absolute Gasteiger partial charge is 0.335 e. The van der Waals surface area contributed by atoms with Gasteiger partial charge in [0.2, 0.25) is 0 Å². The number of hydrogen-bond donors (Lipinski definition) is 1. The summed E-state index contributed by atoms with van der Waals surface area (Å²) in [6.07, 6.45) is 1.80. The number of hydrogen-bond acceptors (Lipinski definition) is 3. The zero-order valence-electron chi connectivity index (χ0n) is 9.72. The van der Waals surface area contributed by atoms with Crippen molar-refractivity contribution in [3.63, 3.8) is 0 Å². The lowest BCUT2D eigenvalue weighted by atomic mass is 10.1. The molecule has 0 amide bonds. The van der Waals surface area contributed by atoms with Gasteiger partial charge in [-0.05, 0) is 25.1 Å². The Bertz CT molecular complexity index is 456. The maximum atomic E-state index is 11.0. The molecule has 0 aromatic heterocycles. The molecule has 1 aromatic carbocycles. The molecule has 0 aliphatic carbocycles. The highest BCUT2D eigenvalue weighted by Gasteiger charge is 2.24. The SMILES string of the molecule is C=CCN1c2cc(C(=O)O)ccc2OC[C@H]1C. The van der Waals surface area contributed by atoms with Crippen LogP contribution in [0.3, 0.4) is 0 Å². The number of fused-ring (bicyclic) bond motifs is 1. The number of benzene rings is 1. The minimum absolute atomic E-state index is 0.213. The predicted molar refractivity (Wildman–Crippen MR) is 65.9 cm³/mol. The van der Waals surface area contributed by atoms with Crippen LogP contribution in [-0.2, 0) is 0 Å². The van der Waals surface area contributed by atoms with Gasteiger partial charge in [0, 0.05) is 6.54 Å². The van der Waals surface area contributed by atoms with Gasteiger partial charge >= 0.3 is 5.97 Å². The summed E-state index contributed by atoms with van der Waals surface area (Å²) in [5.41, 5.74) is 1.10. The average molecular weight is 233 g/mol. The number of carboxylic acid groups (broad SMARTS) is 1. The molecule has 0 saturated carbocycles. The second-order valence-corrected chi connectivity index (χ2v) is 4.09. The van der Waals surface area contributed by atoms with Crippen LogP contribution in [0.4, 0.5) is 5.69 Å². The van der Waals surface area contributed by atoms with Gasteiger partial charge < -0.3 is 14.7 Å². The highest BCUT2D eigenvalue weighted by molar-refractivity contribution is 5.89. The van der Waals surface area contributed by atoms with Crippen LogP contribution >= 0.6 is 0 Å². The van der Waals surface area contributed by atoms with E-state index in [9.17, 15) is 4.79 Å². The number of nitrogens with zero attached hydrogens (tertiary/aromatic N) is 1. The van der Waals surface area contributed by atoms with Crippen molar-refractivity contribution in [1.29, 1.82) is 0 Å². The molecular formula is C13H15NO3. The van der Waals surface area contributed by atoms with Gasteiger partial charge in [-0.1, -0.05) is 6.08 Å². The third-order valence-corrected chi connectivity index (χ3v) is 2.85. The van der Waals surface area contributed by atoms with E-state index in [2.05, 4.69) is 11.5 Å². The number of ether oxygens (including phenoxy) is 1. The molecule has 0 fully saturated rings. The fraction of sp³-hybridized carbons (Fsp3) is 0.308. The Hall–Kier alpha value is -1.97. The number of carbonyl (C=O) groups is 1. The van der Waals surface area contributed by atoms with Crippen molar-refractivity contribution in [2.75, 3.05) is 18.1 Å². The first-order valence-electron chi connectivity index (χ1n) is 5.51. The van der Waals surface area contributed by atoms with E-state index in [1.54, 1.807) is 24.3 Å². The summed E-state index contributed by atoms with van der Waals surface area (Å²) < 4.78 is 5.58. The zero-order chi connectivity index (χ0) is 12.4. The minimum atomic E-state index is -0.926. The van der Waals surface area contributed by atoms with Crippen LogP contribution in [0.2, 0.25) is 0 Å². The van der Waals surface area contributed by atoms with E-state index in [1.807, 2.05) is 6.92 Å². The van der Waals surface area contributed by atoms with Crippen LogP contribution in [-0.4, -0.2) is 30.3 Å². The van der Waals surface area contributed by atoms with Crippen molar-refractivity contribution in [3.05, 3.63) is 36.4 Å². The largest absolute Gasteiger partial charge is 0.489 e. The van der Waals surface area contributed by atoms with E-state index in [-0.39, 0.29) is 11.6 Å². The molecule has 0 radical (unpaired) electrons. The highest BCUT2D eigenvalue weighted by atomic mass is 16.5. The van der Waals surface area contributed by atoms with E-state index < -0.39 is 5.97 Å². The van der Waals surface area contributed by atoms with Crippen molar-refractivity contribution in [2.45, 2.75) is 13.0 Å². The van der Waals surface area contributed by atoms with Gasteiger partial charge in [0.1, 0.15) is 12.4 Å². The van der Waals surface area contributed by atoms with Crippen LogP contribution in [0.1, 0.15) is 17.3 Å². The molecule has 2 rings (SSSR count). The van der Waals surface area contributed by atoms with Gasteiger partial charge in [-0.3, -0.25) is 0 Å². The Labute approximate surface area is 100 Å². The van der Waals surface area contributed by atoms with E-state index in [0.29, 0.717) is 13.2 Å². The normalized spacial score (nSPS) is 18.2. The van der Waals surface area contributed by atoms with E-state index in [0.717, 1.165) is 11.4 Å². The Morgan fingerprint density at radius 2 is 2.47 bits per heavy atom. The summed E-state index contributed by atoms with van der Waals surface area (Å²) in [5.74, 6) is -0.195. The lowest BCUT2D eigenvalue weighted by Crippen LogP contribution is -2.41. The van der Waals surface area contributed by atoms with Gasteiger partial charge in [-0.15, -0.1) is 6.58 Å². The highest BCUT2D eigenvalue weighted by Crippen LogP contribution is 2.34. The second kappa shape index (κ2) is 4.49. The lowest BCUT2D eigenvalue weighted by molar-refractivity contribution is 0.0697. The Morgan fingerprint density at radius 1 is 1.71 bits per heavy atom. The first-order valence-corrected chi connectivity index (χ1v) is 5.51. The molecule has 17 heavy (non-hydrogen) atoms. The van der Waals surface area contributed by atoms with Crippen LogP contribution in [0.25, 0.3) is 0 Å². The molecule has 1 atom stereocenters. The summed E-state index contributed by atoms with van der Waals surface area (Å²) in [6.45, 7) is 7.05.